The highest BCUT2D eigenvalue weighted by Crippen LogP contribution is 2.39. The zero-order valence-corrected chi connectivity index (χ0v) is 14.6. The number of ether oxygens (including phenoxy) is 2. The second-order valence-electron chi connectivity index (χ2n) is 6.39. The summed E-state index contributed by atoms with van der Waals surface area (Å²) in [4.78, 5) is 16.0. The lowest BCUT2D eigenvalue weighted by atomic mass is 9.98. The van der Waals surface area contributed by atoms with E-state index in [0.29, 0.717) is 16.9 Å². The molecule has 7 nitrogen and oxygen atoms in total. The van der Waals surface area contributed by atoms with Crippen LogP contribution in [-0.2, 0) is 0 Å². The number of aromatic amines is 1. The minimum atomic E-state index is -4.45. The minimum absolute atomic E-state index is 0.0498. The van der Waals surface area contributed by atoms with Gasteiger partial charge in [0.25, 0.3) is 0 Å². The van der Waals surface area contributed by atoms with E-state index in [0.717, 1.165) is 25.7 Å². The number of aryl methyl sites for hydroxylation is 1. The zero-order valence-electron chi connectivity index (χ0n) is 14.6. The van der Waals surface area contributed by atoms with E-state index >= 15 is 0 Å². The number of H-pyrrole nitrogens is 1. The number of halogens is 3. The van der Waals surface area contributed by atoms with Gasteiger partial charge >= 0.3 is 12.3 Å². The monoisotopic (exact) mass is 384 g/mol. The van der Waals surface area contributed by atoms with Gasteiger partial charge in [0.05, 0.1) is 17.6 Å². The maximum Gasteiger partial charge on any atom is 0.422 e. The first-order chi connectivity index (χ1) is 12.8. The molecule has 146 valence electrons. The van der Waals surface area contributed by atoms with Gasteiger partial charge in [0, 0.05) is 11.6 Å². The average Bonchev–Trinajstić information content (AvgIpc) is 3.24. The average molecular weight is 384 g/mol. The van der Waals surface area contributed by atoms with E-state index in [4.69, 9.17) is 9.47 Å². The van der Waals surface area contributed by atoms with E-state index in [2.05, 4.69) is 20.5 Å². The van der Waals surface area contributed by atoms with Gasteiger partial charge in [-0.2, -0.15) is 18.3 Å². The van der Waals surface area contributed by atoms with Crippen molar-refractivity contribution in [2.45, 2.75) is 44.7 Å². The van der Waals surface area contributed by atoms with Gasteiger partial charge in [0.2, 0.25) is 11.8 Å². The van der Waals surface area contributed by atoms with Crippen LogP contribution in [0.2, 0.25) is 0 Å². The summed E-state index contributed by atoms with van der Waals surface area (Å²) in [6, 6.07) is 3.14. The number of hydrogen-bond acceptors (Lipinski definition) is 5. The Bertz CT molecular complexity index is 801. The number of carbonyl (C=O) groups is 1. The molecule has 3 rings (SSSR count). The Morgan fingerprint density at radius 1 is 1.33 bits per heavy atom. The number of rotatable bonds is 5. The summed E-state index contributed by atoms with van der Waals surface area (Å²) in [6.07, 6.45) is -0.315. The molecule has 1 saturated carbocycles. The van der Waals surface area contributed by atoms with Crippen LogP contribution in [0.3, 0.4) is 0 Å². The summed E-state index contributed by atoms with van der Waals surface area (Å²) >= 11 is 0. The Morgan fingerprint density at radius 2 is 2.07 bits per heavy atom. The Kier molecular flexibility index (Phi) is 5.52. The maximum atomic E-state index is 12.5. The van der Waals surface area contributed by atoms with Gasteiger partial charge in [-0.3, -0.25) is 5.32 Å². The van der Waals surface area contributed by atoms with Crippen molar-refractivity contribution in [1.82, 2.24) is 15.2 Å². The van der Waals surface area contributed by atoms with Gasteiger partial charge in [0.15, 0.2) is 6.61 Å². The summed E-state index contributed by atoms with van der Waals surface area (Å²) in [5, 5.41) is 8.90. The van der Waals surface area contributed by atoms with E-state index in [1.165, 1.54) is 6.20 Å². The summed E-state index contributed by atoms with van der Waals surface area (Å²) in [5.41, 5.74) is 1.54. The Morgan fingerprint density at radius 3 is 2.70 bits per heavy atom. The Labute approximate surface area is 153 Å². The molecule has 1 aliphatic carbocycles. The van der Waals surface area contributed by atoms with E-state index in [-0.39, 0.29) is 17.7 Å². The van der Waals surface area contributed by atoms with Crippen molar-refractivity contribution in [2.24, 2.45) is 0 Å². The minimum Gasteiger partial charge on any atom is -0.468 e. The van der Waals surface area contributed by atoms with Crippen LogP contribution in [0.4, 0.5) is 23.7 Å². The predicted molar refractivity (Wildman–Crippen MR) is 90.0 cm³/mol. The molecule has 0 unspecified atom stereocenters. The normalized spacial score (nSPS) is 15.0. The number of nitrogens with zero attached hydrogens (tertiary/aromatic N) is 2. The Balaban J connectivity index is 1.73. The molecular weight excluding hydrogens is 365 g/mol. The molecular formula is C17H19F3N4O3. The summed E-state index contributed by atoms with van der Waals surface area (Å²) in [6.45, 7) is 0.326. The SMILES string of the molecule is Cc1cc(OC(=O)Nc2cnc(OCC(F)(F)F)c(C3CCCC3)c2)[nH]n1. The molecule has 1 amide bonds. The van der Waals surface area contributed by atoms with Gasteiger partial charge in [-0.25, -0.2) is 14.9 Å². The molecule has 0 atom stereocenters. The second-order valence-corrected chi connectivity index (χ2v) is 6.39. The van der Waals surface area contributed by atoms with Crippen LogP contribution in [-0.4, -0.2) is 34.1 Å². The molecule has 10 heteroatoms. The first-order valence-corrected chi connectivity index (χ1v) is 8.50. The molecule has 2 aromatic heterocycles. The second kappa shape index (κ2) is 7.85. The van der Waals surface area contributed by atoms with Crippen LogP contribution in [0, 0.1) is 6.92 Å². The first-order valence-electron chi connectivity index (χ1n) is 8.50. The van der Waals surface area contributed by atoms with Gasteiger partial charge in [-0.1, -0.05) is 12.8 Å². The molecule has 1 fully saturated rings. The number of carbonyl (C=O) groups excluding carboxylic acids is 1. The molecule has 27 heavy (non-hydrogen) atoms. The number of pyridine rings is 1. The number of aromatic nitrogens is 3. The van der Waals surface area contributed by atoms with E-state index < -0.39 is 18.9 Å². The molecule has 0 saturated heterocycles. The highest BCUT2D eigenvalue weighted by molar-refractivity contribution is 5.86. The molecule has 0 spiro atoms. The van der Waals surface area contributed by atoms with Gasteiger partial charge in [0.1, 0.15) is 0 Å². The molecule has 2 heterocycles. The highest BCUT2D eigenvalue weighted by atomic mass is 19.4. The van der Waals surface area contributed by atoms with E-state index in [1.807, 2.05) is 0 Å². The Hall–Kier alpha value is -2.78. The van der Waals surface area contributed by atoms with E-state index in [1.54, 1.807) is 19.1 Å². The largest absolute Gasteiger partial charge is 0.468 e. The number of hydrogen-bond donors (Lipinski definition) is 2. The maximum absolute atomic E-state index is 12.5. The van der Waals surface area contributed by atoms with Crippen molar-refractivity contribution < 1.29 is 27.4 Å². The lowest BCUT2D eigenvalue weighted by molar-refractivity contribution is -0.154. The number of alkyl halides is 3. The van der Waals surface area contributed by atoms with Crippen LogP contribution in [0.15, 0.2) is 18.3 Å². The highest BCUT2D eigenvalue weighted by Gasteiger charge is 2.30. The third-order valence-electron chi connectivity index (χ3n) is 4.18. The van der Waals surface area contributed by atoms with Gasteiger partial charge < -0.3 is 9.47 Å². The van der Waals surface area contributed by atoms with Crippen molar-refractivity contribution in [3.63, 3.8) is 0 Å². The number of nitrogens with one attached hydrogen (secondary N) is 2. The van der Waals surface area contributed by atoms with Crippen molar-refractivity contribution in [1.29, 1.82) is 0 Å². The third kappa shape index (κ3) is 5.35. The molecule has 1 aliphatic rings. The molecule has 2 N–H and O–H groups in total. The first kappa shape index (κ1) is 19.0. The molecule has 2 aromatic rings. The van der Waals surface area contributed by atoms with Crippen molar-refractivity contribution >= 4 is 11.8 Å². The third-order valence-corrected chi connectivity index (χ3v) is 4.18. The quantitative estimate of drug-likeness (QED) is 0.801. The van der Waals surface area contributed by atoms with Crippen LogP contribution in [0.25, 0.3) is 0 Å². The van der Waals surface area contributed by atoms with Gasteiger partial charge in [-0.15, -0.1) is 0 Å². The lowest BCUT2D eigenvalue weighted by Gasteiger charge is -2.17. The fraction of sp³-hybridized carbons (Fsp3) is 0.471. The zero-order chi connectivity index (χ0) is 19.4. The smallest absolute Gasteiger partial charge is 0.422 e. The van der Waals surface area contributed by atoms with Crippen molar-refractivity contribution in [2.75, 3.05) is 11.9 Å². The fourth-order valence-corrected chi connectivity index (χ4v) is 3.03. The molecule has 0 radical (unpaired) electrons. The molecule has 0 aliphatic heterocycles. The lowest BCUT2D eigenvalue weighted by Crippen LogP contribution is -2.21. The standard InChI is InChI=1S/C17H19F3N4O3/c1-10-6-14(24-23-10)27-16(25)22-12-7-13(11-4-2-3-5-11)15(21-8-12)26-9-17(18,19)20/h6-8,11H,2-5,9H2,1H3,(H,22,25)(H,23,24). The van der Waals surface area contributed by atoms with Crippen LogP contribution < -0.4 is 14.8 Å². The molecule has 0 aromatic carbocycles. The van der Waals surface area contributed by atoms with E-state index in [9.17, 15) is 18.0 Å². The summed E-state index contributed by atoms with van der Waals surface area (Å²) < 4.78 is 47.4. The topological polar surface area (TPSA) is 89.1 Å². The van der Waals surface area contributed by atoms with Crippen molar-refractivity contribution in [3.8, 4) is 11.8 Å². The summed E-state index contributed by atoms with van der Waals surface area (Å²) in [5.74, 6) is 0.176. The number of amides is 1. The number of anilines is 1. The molecule has 0 bridgehead atoms. The van der Waals surface area contributed by atoms with Gasteiger partial charge in [-0.05, 0) is 31.7 Å². The van der Waals surface area contributed by atoms with Crippen molar-refractivity contribution in [3.05, 3.63) is 29.6 Å². The van der Waals surface area contributed by atoms with Crippen LogP contribution >= 0.6 is 0 Å². The van der Waals surface area contributed by atoms with Crippen LogP contribution in [0.5, 0.6) is 11.8 Å². The predicted octanol–water partition coefficient (Wildman–Crippen LogP) is 4.32. The van der Waals surface area contributed by atoms with Crippen LogP contribution in [0.1, 0.15) is 42.9 Å². The fourth-order valence-electron chi connectivity index (χ4n) is 3.03. The summed E-state index contributed by atoms with van der Waals surface area (Å²) in [7, 11) is 0.